The molecular formula is C11H11NOS. The second kappa shape index (κ2) is 3.80. The van der Waals surface area contributed by atoms with Crippen molar-refractivity contribution in [3.63, 3.8) is 0 Å². The molecule has 0 aliphatic heterocycles. The van der Waals surface area contributed by atoms with Gasteiger partial charge in [0.15, 0.2) is 0 Å². The van der Waals surface area contributed by atoms with Crippen LogP contribution in [0.25, 0.3) is 10.1 Å². The molecule has 0 fully saturated rings. The van der Waals surface area contributed by atoms with Gasteiger partial charge in [-0.15, -0.1) is 11.3 Å². The molecule has 2 aromatic rings. The van der Waals surface area contributed by atoms with Gasteiger partial charge in [0, 0.05) is 18.2 Å². The Hall–Kier alpha value is -1.35. The fourth-order valence-electron chi connectivity index (χ4n) is 1.34. The first-order chi connectivity index (χ1) is 6.75. The molecule has 72 valence electrons. The van der Waals surface area contributed by atoms with Crippen LogP contribution in [0, 0.1) is 0 Å². The van der Waals surface area contributed by atoms with Crippen LogP contribution in [0.5, 0.6) is 0 Å². The van der Waals surface area contributed by atoms with Crippen LogP contribution in [0.15, 0.2) is 29.6 Å². The van der Waals surface area contributed by atoms with E-state index in [0.29, 0.717) is 6.54 Å². The van der Waals surface area contributed by atoms with Gasteiger partial charge >= 0.3 is 0 Å². The second-order valence-corrected chi connectivity index (χ2v) is 4.15. The van der Waals surface area contributed by atoms with E-state index in [1.165, 1.54) is 17.0 Å². The number of hydrogen-bond donors (Lipinski definition) is 1. The van der Waals surface area contributed by atoms with Crippen molar-refractivity contribution in [1.82, 2.24) is 5.32 Å². The van der Waals surface area contributed by atoms with E-state index in [-0.39, 0.29) is 5.91 Å². The van der Waals surface area contributed by atoms with E-state index in [2.05, 4.69) is 28.9 Å². The summed E-state index contributed by atoms with van der Waals surface area (Å²) in [6.45, 7) is 2.15. The molecule has 0 spiro atoms. The molecule has 0 saturated carbocycles. The van der Waals surface area contributed by atoms with E-state index in [1.807, 2.05) is 6.07 Å². The molecule has 1 aromatic heterocycles. The molecule has 14 heavy (non-hydrogen) atoms. The van der Waals surface area contributed by atoms with Crippen molar-refractivity contribution in [2.24, 2.45) is 0 Å². The SMILES string of the molecule is CC(=O)NCc1ccc2ccsc2c1. The molecule has 1 N–H and O–H groups in total. The lowest BCUT2D eigenvalue weighted by Gasteiger charge is -2.01. The summed E-state index contributed by atoms with van der Waals surface area (Å²) in [4.78, 5) is 10.7. The van der Waals surface area contributed by atoms with Gasteiger partial charge in [0.1, 0.15) is 0 Å². The summed E-state index contributed by atoms with van der Waals surface area (Å²) in [5.41, 5.74) is 1.15. The Balaban J connectivity index is 2.21. The quantitative estimate of drug-likeness (QED) is 0.802. The average Bonchev–Trinajstić information content (AvgIpc) is 2.61. The number of fused-ring (bicyclic) bond motifs is 1. The Morgan fingerprint density at radius 2 is 2.29 bits per heavy atom. The Kier molecular flexibility index (Phi) is 2.50. The highest BCUT2D eigenvalue weighted by Gasteiger charge is 1.98. The van der Waals surface area contributed by atoms with E-state index in [9.17, 15) is 4.79 Å². The van der Waals surface area contributed by atoms with Crippen molar-refractivity contribution < 1.29 is 4.79 Å². The highest BCUT2D eigenvalue weighted by atomic mass is 32.1. The zero-order valence-electron chi connectivity index (χ0n) is 7.91. The maximum absolute atomic E-state index is 10.7. The fourth-order valence-corrected chi connectivity index (χ4v) is 2.19. The summed E-state index contributed by atoms with van der Waals surface area (Å²) in [7, 11) is 0. The lowest BCUT2D eigenvalue weighted by molar-refractivity contribution is -0.119. The molecule has 1 aromatic carbocycles. The molecular weight excluding hydrogens is 194 g/mol. The second-order valence-electron chi connectivity index (χ2n) is 3.20. The van der Waals surface area contributed by atoms with Gasteiger partial charge in [0.2, 0.25) is 5.91 Å². The van der Waals surface area contributed by atoms with Crippen LogP contribution >= 0.6 is 11.3 Å². The predicted octanol–water partition coefficient (Wildman–Crippen LogP) is 2.54. The summed E-state index contributed by atoms with van der Waals surface area (Å²) < 4.78 is 1.27. The number of benzene rings is 1. The first kappa shape index (κ1) is 9.21. The topological polar surface area (TPSA) is 29.1 Å². The summed E-state index contributed by atoms with van der Waals surface area (Å²) >= 11 is 1.72. The van der Waals surface area contributed by atoms with Gasteiger partial charge in [-0.1, -0.05) is 12.1 Å². The molecule has 0 aliphatic carbocycles. The van der Waals surface area contributed by atoms with E-state index in [1.54, 1.807) is 11.3 Å². The number of thiophene rings is 1. The van der Waals surface area contributed by atoms with E-state index in [4.69, 9.17) is 0 Å². The normalized spacial score (nSPS) is 10.4. The zero-order chi connectivity index (χ0) is 9.97. The van der Waals surface area contributed by atoms with Gasteiger partial charge in [-0.25, -0.2) is 0 Å². The Morgan fingerprint density at radius 1 is 1.43 bits per heavy atom. The highest BCUT2D eigenvalue weighted by molar-refractivity contribution is 7.17. The van der Waals surface area contributed by atoms with Crippen molar-refractivity contribution in [1.29, 1.82) is 0 Å². The van der Waals surface area contributed by atoms with Crippen molar-refractivity contribution in [3.8, 4) is 0 Å². The average molecular weight is 205 g/mol. The largest absolute Gasteiger partial charge is 0.352 e. The summed E-state index contributed by atoms with van der Waals surface area (Å²) in [5, 5.41) is 6.13. The van der Waals surface area contributed by atoms with E-state index >= 15 is 0 Å². The van der Waals surface area contributed by atoms with Gasteiger partial charge in [-0.2, -0.15) is 0 Å². The maximum atomic E-state index is 10.7. The molecule has 0 atom stereocenters. The standard InChI is InChI=1S/C11H11NOS/c1-8(13)12-7-9-2-3-10-4-5-14-11(10)6-9/h2-6H,7H2,1H3,(H,12,13). The van der Waals surface area contributed by atoms with Crippen molar-refractivity contribution in [3.05, 3.63) is 35.2 Å². The third-order valence-corrected chi connectivity index (χ3v) is 2.94. The smallest absolute Gasteiger partial charge is 0.217 e. The molecule has 1 amide bonds. The Labute approximate surface area is 86.6 Å². The Morgan fingerprint density at radius 3 is 3.07 bits per heavy atom. The van der Waals surface area contributed by atoms with Gasteiger partial charge in [-0.05, 0) is 28.5 Å². The fraction of sp³-hybridized carbons (Fsp3) is 0.182. The summed E-state index contributed by atoms with van der Waals surface area (Å²) in [6, 6.07) is 8.35. The molecule has 0 radical (unpaired) electrons. The third kappa shape index (κ3) is 1.93. The molecule has 0 saturated heterocycles. The lowest BCUT2D eigenvalue weighted by atomic mass is 10.2. The number of rotatable bonds is 2. The Bertz CT molecular complexity index is 461. The van der Waals surface area contributed by atoms with Crippen LogP contribution in [-0.2, 0) is 11.3 Å². The van der Waals surface area contributed by atoms with Gasteiger partial charge < -0.3 is 5.32 Å². The monoisotopic (exact) mass is 205 g/mol. The number of carbonyl (C=O) groups is 1. The van der Waals surface area contributed by atoms with Crippen molar-refractivity contribution in [2.45, 2.75) is 13.5 Å². The molecule has 2 rings (SSSR count). The molecule has 2 nitrogen and oxygen atoms in total. The van der Waals surface area contributed by atoms with Crippen LogP contribution in [-0.4, -0.2) is 5.91 Å². The van der Waals surface area contributed by atoms with Crippen LogP contribution in [0.3, 0.4) is 0 Å². The molecule has 1 heterocycles. The summed E-state index contributed by atoms with van der Waals surface area (Å²) in [5.74, 6) is 0.0104. The van der Waals surface area contributed by atoms with Gasteiger partial charge in [0.25, 0.3) is 0 Å². The third-order valence-electron chi connectivity index (χ3n) is 2.06. The molecule has 0 unspecified atom stereocenters. The van der Waals surface area contributed by atoms with Crippen molar-refractivity contribution in [2.75, 3.05) is 0 Å². The molecule has 0 bridgehead atoms. The lowest BCUT2D eigenvalue weighted by Crippen LogP contribution is -2.18. The molecule has 0 aliphatic rings. The van der Waals surface area contributed by atoms with E-state index < -0.39 is 0 Å². The number of hydrogen-bond acceptors (Lipinski definition) is 2. The first-order valence-corrected chi connectivity index (χ1v) is 5.34. The minimum Gasteiger partial charge on any atom is -0.352 e. The van der Waals surface area contributed by atoms with Gasteiger partial charge in [-0.3, -0.25) is 4.79 Å². The highest BCUT2D eigenvalue weighted by Crippen LogP contribution is 2.21. The zero-order valence-corrected chi connectivity index (χ0v) is 8.73. The van der Waals surface area contributed by atoms with Crippen LogP contribution < -0.4 is 5.32 Å². The van der Waals surface area contributed by atoms with Gasteiger partial charge in [0.05, 0.1) is 0 Å². The minimum atomic E-state index is 0.0104. The summed E-state index contributed by atoms with van der Waals surface area (Å²) in [6.07, 6.45) is 0. The number of carbonyl (C=O) groups excluding carboxylic acids is 1. The van der Waals surface area contributed by atoms with Crippen molar-refractivity contribution >= 4 is 27.3 Å². The van der Waals surface area contributed by atoms with Crippen LogP contribution in [0.4, 0.5) is 0 Å². The van der Waals surface area contributed by atoms with Crippen LogP contribution in [0.1, 0.15) is 12.5 Å². The minimum absolute atomic E-state index is 0.0104. The predicted molar refractivity (Wildman–Crippen MR) is 59.3 cm³/mol. The molecule has 3 heteroatoms. The number of amides is 1. The number of nitrogens with one attached hydrogen (secondary N) is 1. The first-order valence-electron chi connectivity index (χ1n) is 4.46. The van der Waals surface area contributed by atoms with Crippen LogP contribution in [0.2, 0.25) is 0 Å². The van der Waals surface area contributed by atoms with E-state index in [0.717, 1.165) is 5.56 Å². The maximum Gasteiger partial charge on any atom is 0.217 e.